The van der Waals surface area contributed by atoms with Crippen molar-refractivity contribution in [3.8, 4) is 22.8 Å². The van der Waals surface area contributed by atoms with Gasteiger partial charge in [0.2, 0.25) is 0 Å². The Balaban J connectivity index is 1.17. The van der Waals surface area contributed by atoms with Gasteiger partial charge < -0.3 is 4.90 Å². The van der Waals surface area contributed by atoms with Crippen LogP contribution in [0.1, 0.15) is 0 Å². The number of rotatable bonds is 5. The van der Waals surface area contributed by atoms with E-state index in [1.54, 1.807) is 11.3 Å². The minimum Gasteiger partial charge on any atom is -0.311 e. The van der Waals surface area contributed by atoms with Gasteiger partial charge in [0.25, 0.3) is 0 Å². The highest BCUT2D eigenvalue weighted by atomic mass is 32.1. The van der Waals surface area contributed by atoms with Crippen LogP contribution in [0, 0.1) is 0 Å². The van der Waals surface area contributed by atoms with Gasteiger partial charge in [-0.2, -0.15) is 0 Å². The highest BCUT2D eigenvalue weighted by Crippen LogP contribution is 2.42. The number of para-hydroxylation sites is 3. The largest absolute Gasteiger partial charge is 0.311 e. The van der Waals surface area contributed by atoms with Crippen LogP contribution in [-0.4, -0.2) is 15.0 Å². The van der Waals surface area contributed by atoms with Crippen molar-refractivity contribution in [2.24, 2.45) is 0 Å². The molecule has 0 aliphatic carbocycles. The van der Waals surface area contributed by atoms with E-state index in [0.717, 1.165) is 66.6 Å². The second-order valence-electron chi connectivity index (χ2n) is 12.4. The summed E-state index contributed by atoms with van der Waals surface area (Å²) in [6, 6.07) is 59.5. The lowest BCUT2D eigenvalue weighted by Crippen LogP contribution is -2.09. The highest BCUT2D eigenvalue weighted by molar-refractivity contribution is 7.26. The van der Waals surface area contributed by atoms with E-state index >= 15 is 0 Å². The van der Waals surface area contributed by atoms with Crippen molar-refractivity contribution >= 4 is 81.1 Å². The first-order chi connectivity index (χ1) is 24.8. The molecule has 0 saturated carbocycles. The highest BCUT2D eigenvalue weighted by Gasteiger charge is 2.19. The van der Waals surface area contributed by atoms with Gasteiger partial charge in [0.15, 0.2) is 5.82 Å². The molecule has 7 aromatic carbocycles. The minimum absolute atomic E-state index is 0.620. The Bertz CT molecular complexity index is 2830. The van der Waals surface area contributed by atoms with E-state index in [2.05, 4.69) is 157 Å². The number of nitrogens with zero attached hydrogens (tertiary/aromatic N) is 4. The summed E-state index contributed by atoms with van der Waals surface area (Å²) in [5, 5.41) is 6.82. The Hall–Kier alpha value is -6.43. The molecule has 50 heavy (non-hydrogen) atoms. The summed E-state index contributed by atoms with van der Waals surface area (Å²) in [4.78, 5) is 18.2. The summed E-state index contributed by atoms with van der Waals surface area (Å²) < 4.78 is 2.45. The number of aromatic nitrogens is 3. The maximum absolute atomic E-state index is 5.42. The van der Waals surface area contributed by atoms with E-state index in [1.165, 1.54) is 20.2 Å². The summed E-state index contributed by atoms with van der Waals surface area (Å²) in [5.41, 5.74) is 7.84. The fraction of sp³-hybridized carbons (Fsp3) is 0. The van der Waals surface area contributed by atoms with Crippen LogP contribution in [-0.2, 0) is 0 Å². The Morgan fingerprint density at radius 3 is 1.70 bits per heavy atom. The van der Waals surface area contributed by atoms with E-state index in [1.807, 2.05) is 18.2 Å². The zero-order valence-corrected chi connectivity index (χ0v) is 27.7. The molecule has 0 unspecified atom stereocenters. The molecule has 0 spiro atoms. The molecule has 4 nitrogen and oxygen atoms in total. The van der Waals surface area contributed by atoms with Crippen molar-refractivity contribution < 1.29 is 0 Å². The van der Waals surface area contributed by atoms with Gasteiger partial charge in [-0.05, 0) is 53.9 Å². The lowest BCUT2D eigenvalue weighted by atomic mass is 10.0. The van der Waals surface area contributed by atoms with Gasteiger partial charge in [-0.25, -0.2) is 15.0 Å². The van der Waals surface area contributed by atoms with Crippen LogP contribution in [0.4, 0.5) is 17.1 Å². The Morgan fingerprint density at radius 1 is 0.380 bits per heavy atom. The minimum atomic E-state index is 0.620. The van der Waals surface area contributed by atoms with Gasteiger partial charge in [0.1, 0.15) is 5.69 Å². The SMILES string of the molecule is c1ccc(N(c2ccccc2)c2ccc(-c3nc(-c4nc5c(ccc6c7ccccc7sc65)c5ccccc45)nc4ccccc34)cc2)cc1. The first-order valence-corrected chi connectivity index (χ1v) is 17.5. The predicted octanol–water partition coefficient (Wildman–Crippen LogP) is 12.5. The maximum Gasteiger partial charge on any atom is 0.179 e. The fourth-order valence-electron chi connectivity index (χ4n) is 7.14. The molecule has 0 bridgehead atoms. The van der Waals surface area contributed by atoms with E-state index in [4.69, 9.17) is 15.0 Å². The number of fused-ring (bicyclic) bond motifs is 8. The molecule has 10 rings (SSSR count). The maximum atomic E-state index is 5.42. The number of thiophene rings is 1. The summed E-state index contributed by atoms with van der Waals surface area (Å²) in [6.07, 6.45) is 0. The molecule has 234 valence electrons. The third kappa shape index (κ3) is 4.63. The van der Waals surface area contributed by atoms with E-state index in [-0.39, 0.29) is 0 Å². The van der Waals surface area contributed by atoms with Crippen LogP contribution in [0.5, 0.6) is 0 Å². The molecule has 0 saturated heterocycles. The number of anilines is 3. The smallest absolute Gasteiger partial charge is 0.179 e. The monoisotopic (exact) mass is 656 g/mol. The van der Waals surface area contributed by atoms with Gasteiger partial charge in [0.05, 0.1) is 21.4 Å². The third-order valence-corrected chi connectivity index (χ3v) is 10.7. The van der Waals surface area contributed by atoms with Crippen molar-refractivity contribution in [1.82, 2.24) is 15.0 Å². The molecule has 0 aliphatic rings. The summed E-state index contributed by atoms with van der Waals surface area (Å²) in [6.45, 7) is 0. The van der Waals surface area contributed by atoms with Crippen LogP contribution in [0.3, 0.4) is 0 Å². The second-order valence-corrected chi connectivity index (χ2v) is 13.5. The number of pyridine rings is 1. The molecule has 0 radical (unpaired) electrons. The average molecular weight is 657 g/mol. The summed E-state index contributed by atoms with van der Waals surface area (Å²) >= 11 is 1.80. The molecule has 0 N–H and O–H groups in total. The van der Waals surface area contributed by atoms with Crippen molar-refractivity contribution in [2.45, 2.75) is 0 Å². The van der Waals surface area contributed by atoms with Crippen molar-refractivity contribution in [1.29, 1.82) is 0 Å². The molecule has 0 atom stereocenters. The molecule has 10 aromatic rings. The molecule has 5 heteroatoms. The van der Waals surface area contributed by atoms with E-state index in [0.29, 0.717) is 5.82 Å². The molecule has 0 amide bonds. The Kier molecular flexibility index (Phi) is 6.64. The van der Waals surface area contributed by atoms with Crippen LogP contribution in [0.15, 0.2) is 170 Å². The van der Waals surface area contributed by atoms with Crippen molar-refractivity contribution in [3.63, 3.8) is 0 Å². The van der Waals surface area contributed by atoms with Crippen molar-refractivity contribution in [2.75, 3.05) is 4.90 Å². The van der Waals surface area contributed by atoms with Gasteiger partial charge in [-0.15, -0.1) is 11.3 Å². The average Bonchev–Trinajstić information content (AvgIpc) is 3.58. The first-order valence-electron chi connectivity index (χ1n) is 16.7. The molecular weight excluding hydrogens is 629 g/mol. The van der Waals surface area contributed by atoms with Gasteiger partial charge >= 0.3 is 0 Å². The van der Waals surface area contributed by atoms with Gasteiger partial charge in [0, 0.05) is 54.3 Å². The molecule has 0 fully saturated rings. The van der Waals surface area contributed by atoms with Crippen LogP contribution >= 0.6 is 11.3 Å². The zero-order chi connectivity index (χ0) is 33.0. The standard InChI is InChI=1S/C45H28N4S/c1-3-13-30(14-4-1)49(31-15-5-2-6-16-31)32-25-23-29(24-26-32)41-38-20-9-11-21-39(38)46-45(48-41)43-35-19-8-7-17-33(35)36-27-28-37-34-18-10-12-22-40(34)50-44(37)42(36)47-43/h1-28H. The second kappa shape index (κ2) is 11.6. The molecular formula is C45H28N4S. The first kappa shape index (κ1) is 28.6. The number of hydrogen-bond donors (Lipinski definition) is 0. The topological polar surface area (TPSA) is 41.9 Å². The summed E-state index contributed by atoms with van der Waals surface area (Å²) in [7, 11) is 0. The molecule has 3 aromatic heterocycles. The summed E-state index contributed by atoms with van der Waals surface area (Å²) in [5.74, 6) is 0.620. The van der Waals surface area contributed by atoms with Crippen molar-refractivity contribution in [3.05, 3.63) is 170 Å². The Labute approximate surface area is 292 Å². The van der Waals surface area contributed by atoms with Gasteiger partial charge in [-0.1, -0.05) is 121 Å². The third-order valence-electron chi connectivity index (χ3n) is 9.46. The lowest BCUT2D eigenvalue weighted by Gasteiger charge is -2.25. The van der Waals surface area contributed by atoms with Crippen LogP contribution in [0.2, 0.25) is 0 Å². The van der Waals surface area contributed by atoms with Gasteiger partial charge in [-0.3, -0.25) is 0 Å². The van der Waals surface area contributed by atoms with Crippen LogP contribution < -0.4 is 4.90 Å². The zero-order valence-electron chi connectivity index (χ0n) is 26.9. The fourth-order valence-corrected chi connectivity index (χ4v) is 8.34. The molecule has 3 heterocycles. The lowest BCUT2D eigenvalue weighted by molar-refractivity contribution is 1.20. The normalized spacial score (nSPS) is 11.6. The predicted molar refractivity (Wildman–Crippen MR) is 211 cm³/mol. The molecule has 0 aliphatic heterocycles. The number of benzene rings is 7. The van der Waals surface area contributed by atoms with E-state index < -0.39 is 0 Å². The van der Waals surface area contributed by atoms with E-state index in [9.17, 15) is 0 Å². The Morgan fingerprint density at radius 2 is 0.960 bits per heavy atom. The van der Waals surface area contributed by atoms with Crippen LogP contribution in [0.25, 0.3) is 75.5 Å². The number of hydrogen-bond acceptors (Lipinski definition) is 5. The quantitative estimate of drug-likeness (QED) is 0.173.